The topological polar surface area (TPSA) is 88.2 Å². The van der Waals surface area contributed by atoms with Gasteiger partial charge >= 0.3 is 0 Å². The minimum atomic E-state index is 0.438. The van der Waals surface area contributed by atoms with Crippen molar-refractivity contribution in [3.63, 3.8) is 0 Å². The van der Waals surface area contributed by atoms with Crippen LogP contribution in [-0.4, -0.2) is 59.0 Å². The Kier molecular flexibility index (Phi) is 6.04. The second kappa shape index (κ2) is 9.42. The van der Waals surface area contributed by atoms with Crippen molar-refractivity contribution >= 4 is 40.0 Å². The number of H-pyrrole nitrogens is 1. The second-order valence-corrected chi connectivity index (χ2v) is 7.78. The van der Waals surface area contributed by atoms with Gasteiger partial charge in [0.2, 0.25) is 5.95 Å². The van der Waals surface area contributed by atoms with E-state index in [4.69, 9.17) is 31.0 Å². The highest BCUT2D eigenvalue weighted by Gasteiger charge is 2.17. The lowest BCUT2D eigenvalue weighted by atomic mass is 10.1. The summed E-state index contributed by atoms with van der Waals surface area (Å²) < 4.78 is 11.2. The quantitative estimate of drug-likeness (QED) is 0.407. The summed E-state index contributed by atoms with van der Waals surface area (Å²) in [5.74, 6) is 2.58. The van der Waals surface area contributed by atoms with Gasteiger partial charge in [-0.05, 0) is 30.3 Å². The fourth-order valence-corrected chi connectivity index (χ4v) is 3.70. The maximum atomic E-state index is 5.77. The molecule has 0 bridgehead atoms. The summed E-state index contributed by atoms with van der Waals surface area (Å²) >= 11 is 5.77. The van der Waals surface area contributed by atoms with E-state index in [0.29, 0.717) is 37.5 Å². The molecule has 9 heteroatoms. The Labute approximate surface area is 190 Å². The zero-order valence-corrected chi connectivity index (χ0v) is 18.2. The third-order valence-electron chi connectivity index (χ3n) is 5.20. The van der Waals surface area contributed by atoms with Crippen molar-refractivity contribution in [3.05, 3.63) is 54.7 Å². The van der Waals surface area contributed by atoms with Crippen LogP contribution in [0.5, 0.6) is 5.75 Å². The third kappa shape index (κ3) is 4.61. The van der Waals surface area contributed by atoms with Gasteiger partial charge in [0, 0.05) is 35.8 Å². The number of anilines is 3. The monoisotopic (exact) mass is 450 g/mol. The van der Waals surface area contributed by atoms with Gasteiger partial charge in [-0.2, -0.15) is 10.1 Å². The van der Waals surface area contributed by atoms with Crippen molar-refractivity contribution in [2.45, 2.75) is 0 Å². The van der Waals surface area contributed by atoms with E-state index in [-0.39, 0.29) is 0 Å². The summed E-state index contributed by atoms with van der Waals surface area (Å²) in [5, 5.41) is 11.5. The van der Waals surface area contributed by atoms with E-state index >= 15 is 0 Å². The number of aromatic amines is 1. The van der Waals surface area contributed by atoms with Gasteiger partial charge in [-0.15, -0.1) is 11.6 Å². The van der Waals surface area contributed by atoms with E-state index in [1.807, 2.05) is 48.5 Å². The number of alkyl halides is 1. The Morgan fingerprint density at radius 2 is 2.00 bits per heavy atom. The smallest absolute Gasteiger partial charge is 0.228 e. The standard InChI is InChI=1S/C23H23ClN6O2/c24-6-9-32-19-3-1-2-16(13-19)21-14-22(28-23(27-21)30-7-10-31-11-8-30)26-18-4-5-20-17(12-18)15-25-29-20/h1-5,12-15H,6-11H2,(H,25,29)(H,26,27,28). The number of rotatable bonds is 7. The molecule has 2 aromatic heterocycles. The molecule has 3 heterocycles. The highest BCUT2D eigenvalue weighted by atomic mass is 35.5. The number of ether oxygens (including phenoxy) is 2. The Hall–Kier alpha value is -3.36. The fraction of sp³-hybridized carbons (Fsp3) is 0.261. The lowest BCUT2D eigenvalue weighted by molar-refractivity contribution is 0.122. The molecule has 8 nitrogen and oxygen atoms in total. The molecular formula is C23H23ClN6O2. The summed E-state index contributed by atoms with van der Waals surface area (Å²) in [5.41, 5.74) is 3.67. The van der Waals surface area contributed by atoms with E-state index in [9.17, 15) is 0 Å². The van der Waals surface area contributed by atoms with Crippen molar-refractivity contribution in [3.8, 4) is 17.0 Å². The SMILES string of the molecule is ClCCOc1cccc(-c2cc(Nc3ccc4[nH]ncc4c3)nc(N3CCOCC3)n2)c1. The Balaban J connectivity index is 1.50. The van der Waals surface area contributed by atoms with Gasteiger partial charge in [-0.1, -0.05) is 12.1 Å². The van der Waals surface area contributed by atoms with E-state index < -0.39 is 0 Å². The van der Waals surface area contributed by atoms with Crippen LogP contribution in [0, 0.1) is 0 Å². The van der Waals surface area contributed by atoms with E-state index in [1.54, 1.807) is 6.20 Å². The van der Waals surface area contributed by atoms with Crippen molar-refractivity contribution in [2.24, 2.45) is 0 Å². The molecule has 1 aliphatic rings. The van der Waals surface area contributed by atoms with Crippen LogP contribution in [0.1, 0.15) is 0 Å². The number of hydrogen-bond acceptors (Lipinski definition) is 7. The predicted octanol–water partition coefficient (Wildman–Crippen LogP) is 4.22. The summed E-state index contributed by atoms with van der Waals surface area (Å²) in [7, 11) is 0. The summed E-state index contributed by atoms with van der Waals surface area (Å²) in [4.78, 5) is 11.8. The molecular weight excluding hydrogens is 428 g/mol. The zero-order valence-electron chi connectivity index (χ0n) is 17.4. The molecule has 5 rings (SSSR count). The highest BCUT2D eigenvalue weighted by molar-refractivity contribution is 6.18. The van der Waals surface area contributed by atoms with Gasteiger partial charge in [0.1, 0.15) is 18.2 Å². The summed E-state index contributed by atoms with van der Waals surface area (Å²) in [6.07, 6.45) is 1.80. The molecule has 2 aromatic carbocycles. The number of aromatic nitrogens is 4. The van der Waals surface area contributed by atoms with Gasteiger partial charge in [-0.3, -0.25) is 5.10 Å². The number of benzene rings is 2. The van der Waals surface area contributed by atoms with Crippen LogP contribution >= 0.6 is 11.6 Å². The van der Waals surface area contributed by atoms with Crippen LogP contribution in [0.4, 0.5) is 17.5 Å². The normalized spacial score (nSPS) is 14.0. The molecule has 2 N–H and O–H groups in total. The molecule has 0 amide bonds. The lowest BCUT2D eigenvalue weighted by Crippen LogP contribution is -2.37. The molecule has 1 aliphatic heterocycles. The molecule has 0 atom stereocenters. The molecule has 4 aromatic rings. The molecule has 1 saturated heterocycles. The Morgan fingerprint density at radius 1 is 1.09 bits per heavy atom. The average molecular weight is 451 g/mol. The number of nitrogens with zero attached hydrogens (tertiary/aromatic N) is 4. The molecule has 164 valence electrons. The first-order chi connectivity index (χ1) is 15.8. The molecule has 0 radical (unpaired) electrons. The van der Waals surface area contributed by atoms with Crippen LogP contribution in [0.25, 0.3) is 22.2 Å². The van der Waals surface area contributed by atoms with Crippen LogP contribution in [0.3, 0.4) is 0 Å². The number of hydrogen-bond donors (Lipinski definition) is 2. The van der Waals surface area contributed by atoms with Gasteiger partial charge in [0.05, 0.1) is 36.5 Å². The average Bonchev–Trinajstić information content (AvgIpc) is 3.31. The number of halogens is 1. The Morgan fingerprint density at radius 3 is 2.88 bits per heavy atom. The van der Waals surface area contributed by atoms with Crippen LogP contribution < -0.4 is 15.0 Å². The second-order valence-electron chi connectivity index (χ2n) is 7.40. The maximum Gasteiger partial charge on any atom is 0.228 e. The molecule has 0 spiro atoms. The number of morpholine rings is 1. The number of fused-ring (bicyclic) bond motifs is 1. The first-order valence-electron chi connectivity index (χ1n) is 10.5. The van der Waals surface area contributed by atoms with Crippen LogP contribution in [0.15, 0.2) is 54.7 Å². The van der Waals surface area contributed by atoms with Gasteiger partial charge in [0.25, 0.3) is 0 Å². The van der Waals surface area contributed by atoms with Crippen LogP contribution in [-0.2, 0) is 4.74 Å². The highest BCUT2D eigenvalue weighted by Crippen LogP contribution is 2.28. The van der Waals surface area contributed by atoms with Gasteiger partial charge in [0.15, 0.2) is 0 Å². The van der Waals surface area contributed by atoms with E-state index in [1.165, 1.54) is 0 Å². The Bertz CT molecular complexity index is 1210. The summed E-state index contributed by atoms with van der Waals surface area (Å²) in [6.45, 7) is 3.28. The van der Waals surface area contributed by atoms with E-state index in [2.05, 4.69) is 20.4 Å². The van der Waals surface area contributed by atoms with Crippen molar-refractivity contribution in [1.29, 1.82) is 0 Å². The van der Waals surface area contributed by atoms with Crippen molar-refractivity contribution in [1.82, 2.24) is 20.2 Å². The van der Waals surface area contributed by atoms with Crippen LogP contribution in [0.2, 0.25) is 0 Å². The van der Waals surface area contributed by atoms with E-state index in [0.717, 1.165) is 46.7 Å². The van der Waals surface area contributed by atoms with Gasteiger partial charge in [-0.25, -0.2) is 4.98 Å². The third-order valence-corrected chi connectivity index (χ3v) is 5.35. The summed E-state index contributed by atoms with van der Waals surface area (Å²) in [6, 6.07) is 15.8. The molecule has 32 heavy (non-hydrogen) atoms. The zero-order chi connectivity index (χ0) is 21.8. The lowest BCUT2D eigenvalue weighted by Gasteiger charge is -2.27. The number of nitrogens with one attached hydrogen (secondary N) is 2. The molecule has 0 unspecified atom stereocenters. The first kappa shape index (κ1) is 20.5. The van der Waals surface area contributed by atoms with Crippen molar-refractivity contribution in [2.75, 3.05) is 49.0 Å². The van der Waals surface area contributed by atoms with Gasteiger partial charge < -0.3 is 19.7 Å². The molecule has 0 saturated carbocycles. The fourth-order valence-electron chi connectivity index (χ4n) is 3.62. The van der Waals surface area contributed by atoms with Crippen molar-refractivity contribution < 1.29 is 9.47 Å². The first-order valence-corrected chi connectivity index (χ1v) is 11.0. The minimum Gasteiger partial charge on any atom is -0.492 e. The molecule has 1 fully saturated rings. The largest absolute Gasteiger partial charge is 0.492 e. The molecule has 0 aliphatic carbocycles. The minimum absolute atomic E-state index is 0.438. The predicted molar refractivity (Wildman–Crippen MR) is 126 cm³/mol. The maximum absolute atomic E-state index is 5.77.